The number of rotatable bonds is 4. The lowest BCUT2D eigenvalue weighted by Crippen LogP contribution is -2.46. The topological polar surface area (TPSA) is 46.1 Å². The molecule has 1 aromatic heterocycles. The van der Waals surface area contributed by atoms with Gasteiger partial charge in [-0.25, -0.2) is 0 Å². The van der Waals surface area contributed by atoms with Crippen molar-refractivity contribution in [3.8, 4) is 6.07 Å². The molecule has 1 saturated heterocycles. The van der Waals surface area contributed by atoms with Gasteiger partial charge in [-0.2, -0.15) is 5.26 Å². The number of nitriles is 1. The number of aryl methyl sites for hydroxylation is 1. The van der Waals surface area contributed by atoms with Crippen LogP contribution >= 0.6 is 0 Å². The Bertz CT molecular complexity index is 906. The number of H-pyrrole nitrogens is 1. The number of aromatic nitrogens is 1. The van der Waals surface area contributed by atoms with Crippen LogP contribution in [0.25, 0.3) is 10.9 Å². The molecule has 4 nitrogen and oxygen atoms in total. The fourth-order valence-electron chi connectivity index (χ4n) is 4.58. The van der Waals surface area contributed by atoms with Gasteiger partial charge in [0.05, 0.1) is 12.0 Å². The first-order valence-corrected chi connectivity index (χ1v) is 9.88. The van der Waals surface area contributed by atoms with Gasteiger partial charge in [0.1, 0.15) is 0 Å². The smallest absolute Gasteiger partial charge is 0.0812 e. The van der Waals surface area contributed by atoms with Gasteiger partial charge in [-0.15, -0.1) is 0 Å². The van der Waals surface area contributed by atoms with Gasteiger partial charge < -0.3 is 9.88 Å². The van der Waals surface area contributed by atoms with E-state index in [4.69, 9.17) is 5.26 Å². The Morgan fingerprint density at radius 2 is 2.15 bits per heavy atom. The average Bonchev–Trinajstić information content (AvgIpc) is 3.33. The Labute approximate surface area is 155 Å². The summed E-state index contributed by atoms with van der Waals surface area (Å²) in [5.74, 6) is 1.02. The number of nitrogens with zero attached hydrogens (tertiary/aromatic N) is 3. The van der Waals surface area contributed by atoms with Gasteiger partial charge in [0.15, 0.2) is 0 Å². The average molecular weight is 346 g/mol. The van der Waals surface area contributed by atoms with E-state index in [2.05, 4.69) is 52.2 Å². The second-order valence-corrected chi connectivity index (χ2v) is 8.21. The molecule has 0 radical (unpaired) electrons. The lowest BCUT2D eigenvalue weighted by Gasteiger charge is -2.41. The van der Waals surface area contributed by atoms with Crippen LogP contribution in [-0.4, -0.2) is 41.0 Å². The van der Waals surface area contributed by atoms with Crippen molar-refractivity contribution in [3.05, 3.63) is 46.8 Å². The molecule has 2 fully saturated rings. The number of aromatic amines is 1. The maximum absolute atomic E-state index is 8.97. The predicted molar refractivity (Wildman–Crippen MR) is 104 cm³/mol. The predicted octanol–water partition coefficient (Wildman–Crippen LogP) is 3.90. The normalized spacial score (nSPS) is 21.5. The molecule has 2 aliphatic heterocycles. The van der Waals surface area contributed by atoms with Crippen molar-refractivity contribution in [2.24, 2.45) is 5.92 Å². The lowest BCUT2D eigenvalue weighted by molar-refractivity contribution is 0.160. The van der Waals surface area contributed by atoms with E-state index in [1.165, 1.54) is 35.0 Å². The van der Waals surface area contributed by atoms with Gasteiger partial charge >= 0.3 is 0 Å². The number of likely N-dealkylation sites (tertiary alicyclic amines) is 1. The molecule has 2 aromatic rings. The Morgan fingerprint density at radius 3 is 2.85 bits per heavy atom. The summed E-state index contributed by atoms with van der Waals surface area (Å²) < 4.78 is 0. The van der Waals surface area contributed by atoms with Crippen molar-refractivity contribution >= 4 is 10.9 Å². The molecule has 0 bridgehead atoms. The van der Waals surface area contributed by atoms with E-state index in [-0.39, 0.29) is 5.92 Å². The van der Waals surface area contributed by atoms with Gasteiger partial charge in [-0.3, -0.25) is 4.90 Å². The van der Waals surface area contributed by atoms with E-state index in [0.29, 0.717) is 0 Å². The standard InChI is InChI=1S/C22H26N4/c1-15-10-20(17-2-3-17)21(19-4-7-24-22(15)19)14-25-8-5-18(6-9-25)26-12-16(11-23)13-26/h4-5,7,10,16-17,24H,2-3,6,8-9,12-14H2,1H3. The highest BCUT2D eigenvalue weighted by molar-refractivity contribution is 5.87. The van der Waals surface area contributed by atoms with E-state index in [9.17, 15) is 0 Å². The van der Waals surface area contributed by atoms with Gasteiger partial charge in [0.25, 0.3) is 0 Å². The molecular formula is C22H26N4. The third-order valence-electron chi connectivity index (χ3n) is 6.33. The molecule has 3 aliphatic rings. The summed E-state index contributed by atoms with van der Waals surface area (Å²) in [6, 6.07) is 7.06. The van der Waals surface area contributed by atoms with Gasteiger partial charge in [-0.1, -0.05) is 12.1 Å². The minimum Gasteiger partial charge on any atom is -0.372 e. The Morgan fingerprint density at radius 1 is 1.31 bits per heavy atom. The molecule has 0 spiro atoms. The molecule has 1 N–H and O–H groups in total. The molecule has 1 aromatic carbocycles. The molecule has 4 heteroatoms. The summed E-state index contributed by atoms with van der Waals surface area (Å²) in [6.45, 7) is 7.26. The van der Waals surface area contributed by atoms with Crippen LogP contribution in [0.5, 0.6) is 0 Å². The van der Waals surface area contributed by atoms with Crippen LogP contribution in [0.4, 0.5) is 0 Å². The zero-order valence-corrected chi connectivity index (χ0v) is 15.5. The second kappa shape index (κ2) is 6.17. The molecular weight excluding hydrogens is 320 g/mol. The summed E-state index contributed by atoms with van der Waals surface area (Å²) in [6.07, 6.45) is 8.28. The fourth-order valence-corrected chi connectivity index (χ4v) is 4.58. The van der Waals surface area contributed by atoms with E-state index in [1.54, 1.807) is 11.1 Å². The van der Waals surface area contributed by atoms with E-state index >= 15 is 0 Å². The van der Waals surface area contributed by atoms with Crippen molar-refractivity contribution < 1.29 is 0 Å². The van der Waals surface area contributed by atoms with Crippen LogP contribution in [0.3, 0.4) is 0 Å². The molecule has 134 valence electrons. The first kappa shape index (κ1) is 16.0. The summed E-state index contributed by atoms with van der Waals surface area (Å²) in [7, 11) is 0. The highest BCUT2D eigenvalue weighted by Gasteiger charge is 2.31. The molecule has 0 unspecified atom stereocenters. The van der Waals surface area contributed by atoms with Crippen molar-refractivity contribution in [1.82, 2.24) is 14.8 Å². The number of hydrogen-bond donors (Lipinski definition) is 1. The van der Waals surface area contributed by atoms with Gasteiger partial charge in [0.2, 0.25) is 0 Å². The number of hydrogen-bond acceptors (Lipinski definition) is 3. The fraction of sp³-hybridized carbons (Fsp3) is 0.500. The van der Waals surface area contributed by atoms with Crippen LogP contribution in [0.15, 0.2) is 30.1 Å². The SMILES string of the molecule is Cc1cc(C2CC2)c(CN2CC=C(N3CC(C#N)C3)CC2)c2cc[nH]c12. The summed E-state index contributed by atoms with van der Waals surface area (Å²) in [5, 5.41) is 10.4. The number of fused-ring (bicyclic) bond motifs is 1. The van der Waals surface area contributed by atoms with Crippen molar-refractivity contribution in [3.63, 3.8) is 0 Å². The van der Waals surface area contributed by atoms with Crippen LogP contribution in [0, 0.1) is 24.2 Å². The minimum absolute atomic E-state index is 0.240. The summed E-state index contributed by atoms with van der Waals surface area (Å²) in [5.41, 5.74) is 7.26. The van der Waals surface area contributed by atoms with Crippen molar-refractivity contribution in [2.75, 3.05) is 26.2 Å². The minimum atomic E-state index is 0.240. The van der Waals surface area contributed by atoms with E-state index in [1.807, 2.05) is 0 Å². The molecule has 0 amide bonds. The molecule has 26 heavy (non-hydrogen) atoms. The first-order valence-electron chi connectivity index (χ1n) is 9.88. The molecule has 1 saturated carbocycles. The van der Waals surface area contributed by atoms with Gasteiger partial charge in [0, 0.05) is 55.5 Å². The van der Waals surface area contributed by atoms with Crippen molar-refractivity contribution in [1.29, 1.82) is 5.26 Å². The quantitative estimate of drug-likeness (QED) is 0.913. The van der Waals surface area contributed by atoms with Crippen LogP contribution in [-0.2, 0) is 6.54 Å². The van der Waals surface area contributed by atoms with Crippen LogP contribution in [0.1, 0.15) is 41.9 Å². The van der Waals surface area contributed by atoms with E-state index in [0.717, 1.165) is 45.1 Å². The Balaban J connectivity index is 1.35. The van der Waals surface area contributed by atoms with Crippen molar-refractivity contribution in [2.45, 2.75) is 38.6 Å². The number of benzene rings is 1. The zero-order chi connectivity index (χ0) is 17.7. The van der Waals surface area contributed by atoms with Crippen LogP contribution < -0.4 is 0 Å². The second-order valence-electron chi connectivity index (χ2n) is 8.21. The Kier molecular flexibility index (Phi) is 3.79. The highest BCUT2D eigenvalue weighted by atomic mass is 15.2. The highest BCUT2D eigenvalue weighted by Crippen LogP contribution is 2.44. The third kappa shape index (κ3) is 2.71. The zero-order valence-electron chi connectivity index (χ0n) is 15.5. The molecule has 0 atom stereocenters. The summed E-state index contributed by atoms with van der Waals surface area (Å²) >= 11 is 0. The summed E-state index contributed by atoms with van der Waals surface area (Å²) in [4.78, 5) is 8.40. The first-order chi connectivity index (χ1) is 12.7. The molecule has 3 heterocycles. The van der Waals surface area contributed by atoms with Gasteiger partial charge in [-0.05, 0) is 54.9 Å². The van der Waals surface area contributed by atoms with E-state index < -0.39 is 0 Å². The molecule has 5 rings (SSSR count). The maximum atomic E-state index is 8.97. The lowest BCUT2D eigenvalue weighted by atomic mass is 9.95. The maximum Gasteiger partial charge on any atom is 0.0812 e. The van der Waals surface area contributed by atoms with Crippen LogP contribution in [0.2, 0.25) is 0 Å². The Hall–Kier alpha value is -2.25. The monoisotopic (exact) mass is 346 g/mol. The molecule has 1 aliphatic carbocycles. The largest absolute Gasteiger partial charge is 0.372 e. The number of nitrogens with one attached hydrogen (secondary N) is 1. The third-order valence-corrected chi connectivity index (χ3v) is 6.33.